The second-order valence-corrected chi connectivity index (χ2v) is 4.28. The molecule has 4 heteroatoms. The minimum absolute atomic E-state index is 0.0579. The lowest BCUT2D eigenvalue weighted by atomic mass is 10.0. The Morgan fingerprint density at radius 2 is 2.24 bits per heavy atom. The van der Waals surface area contributed by atoms with Gasteiger partial charge in [-0.05, 0) is 31.9 Å². The van der Waals surface area contributed by atoms with Gasteiger partial charge in [0.25, 0.3) is 0 Å². The zero-order valence-corrected chi connectivity index (χ0v) is 9.93. The highest BCUT2D eigenvalue weighted by atomic mass is 19.2. The van der Waals surface area contributed by atoms with Crippen molar-refractivity contribution in [3.05, 3.63) is 29.3 Å². The average Bonchev–Trinajstić information content (AvgIpc) is 2.54. The molecule has 0 aliphatic carbocycles. The standard InChI is InChI=1S/C13H17F2NO/c1-2-7-16-11-4-3-8-17-13-9(11)5-6-10(14)12(13)15/h5-6,11,16H,2-4,7-8H2,1H3. The molecule has 1 aliphatic heterocycles. The molecule has 1 N–H and O–H groups in total. The van der Waals surface area contributed by atoms with E-state index in [9.17, 15) is 8.78 Å². The van der Waals surface area contributed by atoms with Gasteiger partial charge in [0.05, 0.1) is 6.61 Å². The van der Waals surface area contributed by atoms with Crippen LogP contribution in [0.2, 0.25) is 0 Å². The summed E-state index contributed by atoms with van der Waals surface area (Å²) < 4.78 is 32.1. The van der Waals surface area contributed by atoms with Crippen LogP contribution in [0.5, 0.6) is 5.75 Å². The Balaban J connectivity index is 2.32. The molecular weight excluding hydrogens is 224 g/mol. The Labute approximate surface area is 100.0 Å². The first-order chi connectivity index (χ1) is 8.24. The van der Waals surface area contributed by atoms with Crippen LogP contribution in [0.1, 0.15) is 37.8 Å². The summed E-state index contributed by atoms with van der Waals surface area (Å²) in [6.45, 7) is 3.38. The highest BCUT2D eigenvalue weighted by molar-refractivity contribution is 5.38. The van der Waals surface area contributed by atoms with Crippen LogP contribution in [0.4, 0.5) is 8.78 Å². The van der Waals surface area contributed by atoms with E-state index >= 15 is 0 Å². The summed E-state index contributed by atoms with van der Waals surface area (Å²) in [7, 11) is 0. The fourth-order valence-electron chi connectivity index (χ4n) is 2.12. The molecule has 0 fully saturated rings. The van der Waals surface area contributed by atoms with E-state index in [0.717, 1.165) is 31.4 Å². The van der Waals surface area contributed by atoms with Crippen molar-refractivity contribution >= 4 is 0 Å². The van der Waals surface area contributed by atoms with Crippen molar-refractivity contribution in [1.29, 1.82) is 0 Å². The molecular formula is C13H17F2NO. The van der Waals surface area contributed by atoms with Crippen LogP contribution in [0.15, 0.2) is 12.1 Å². The van der Waals surface area contributed by atoms with Gasteiger partial charge in [-0.15, -0.1) is 0 Å². The number of ether oxygens (including phenoxy) is 1. The topological polar surface area (TPSA) is 21.3 Å². The van der Waals surface area contributed by atoms with Gasteiger partial charge in [0.15, 0.2) is 11.6 Å². The van der Waals surface area contributed by atoms with Crippen LogP contribution in [-0.4, -0.2) is 13.2 Å². The van der Waals surface area contributed by atoms with Crippen LogP contribution in [-0.2, 0) is 0 Å². The third-order valence-corrected chi connectivity index (χ3v) is 2.98. The predicted molar refractivity (Wildman–Crippen MR) is 62.1 cm³/mol. The van der Waals surface area contributed by atoms with Gasteiger partial charge in [-0.3, -0.25) is 0 Å². The molecule has 0 aromatic heterocycles. The van der Waals surface area contributed by atoms with E-state index < -0.39 is 11.6 Å². The molecule has 0 spiro atoms. The lowest BCUT2D eigenvalue weighted by Crippen LogP contribution is -2.22. The summed E-state index contributed by atoms with van der Waals surface area (Å²) >= 11 is 0. The van der Waals surface area contributed by atoms with Gasteiger partial charge in [0.1, 0.15) is 0 Å². The molecule has 1 aliphatic rings. The Bertz CT molecular complexity index is 395. The first-order valence-electron chi connectivity index (χ1n) is 6.08. The largest absolute Gasteiger partial charge is 0.490 e. The van der Waals surface area contributed by atoms with Crippen LogP contribution < -0.4 is 10.1 Å². The van der Waals surface area contributed by atoms with Gasteiger partial charge in [-0.2, -0.15) is 4.39 Å². The van der Waals surface area contributed by atoms with Crippen LogP contribution in [0.25, 0.3) is 0 Å². The zero-order valence-electron chi connectivity index (χ0n) is 9.93. The van der Waals surface area contributed by atoms with Crippen LogP contribution in [0, 0.1) is 11.6 Å². The number of rotatable bonds is 3. The second kappa shape index (κ2) is 5.45. The van der Waals surface area contributed by atoms with E-state index in [1.807, 2.05) is 0 Å². The lowest BCUT2D eigenvalue weighted by Gasteiger charge is -2.18. The molecule has 0 radical (unpaired) electrons. The summed E-state index contributed by atoms with van der Waals surface area (Å²) in [5.74, 6) is -1.64. The number of hydrogen-bond acceptors (Lipinski definition) is 2. The highest BCUT2D eigenvalue weighted by Crippen LogP contribution is 2.34. The fraction of sp³-hybridized carbons (Fsp3) is 0.538. The molecule has 0 saturated carbocycles. The molecule has 0 saturated heterocycles. The van der Waals surface area contributed by atoms with Gasteiger partial charge in [0.2, 0.25) is 5.82 Å². The van der Waals surface area contributed by atoms with E-state index in [2.05, 4.69) is 12.2 Å². The summed E-state index contributed by atoms with van der Waals surface area (Å²) in [6.07, 6.45) is 2.74. The van der Waals surface area contributed by atoms with Crippen molar-refractivity contribution in [3.63, 3.8) is 0 Å². The quantitative estimate of drug-likeness (QED) is 0.877. The minimum atomic E-state index is -0.868. The average molecular weight is 241 g/mol. The minimum Gasteiger partial charge on any atom is -0.490 e. The first-order valence-corrected chi connectivity index (χ1v) is 6.08. The molecule has 0 bridgehead atoms. The smallest absolute Gasteiger partial charge is 0.200 e. The molecule has 1 heterocycles. The fourth-order valence-corrected chi connectivity index (χ4v) is 2.12. The van der Waals surface area contributed by atoms with E-state index in [1.54, 1.807) is 6.07 Å². The number of fused-ring (bicyclic) bond motifs is 1. The Kier molecular flexibility index (Phi) is 3.94. The monoisotopic (exact) mass is 241 g/mol. The van der Waals surface area contributed by atoms with Crippen molar-refractivity contribution in [3.8, 4) is 5.75 Å². The Morgan fingerprint density at radius 3 is 3.00 bits per heavy atom. The Morgan fingerprint density at radius 1 is 1.41 bits per heavy atom. The van der Waals surface area contributed by atoms with E-state index in [1.165, 1.54) is 6.07 Å². The summed E-state index contributed by atoms with van der Waals surface area (Å²) in [6, 6.07) is 2.85. The van der Waals surface area contributed by atoms with E-state index in [0.29, 0.717) is 6.61 Å². The van der Waals surface area contributed by atoms with Crippen molar-refractivity contribution in [2.24, 2.45) is 0 Å². The van der Waals surface area contributed by atoms with Gasteiger partial charge >= 0.3 is 0 Å². The zero-order chi connectivity index (χ0) is 12.3. The normalized spacial score (nSPS) is 19.4. The van der Waals surface area contributed by atoms with Crippen molar-refractivity contribution < 1.29 is 13.5 Å². The molecule has 1 atom stereocenters. The van der Waals surface area contributed by atoms with Crippen molar-refractivity contribution in [1.82, 2.24) is 5.32 Å². The molecule has 2 nitrogen and oxygen atoms in total. The third kappa shape index (κ3) is 2.57. The second-order valence-electron chi connectivity index (χ2n) is 4.28. The molecule has 0 amide bonds. The number of nitrogens with one attached hydrogen (secondary N) is 1. The van der Waals surface area contributed by atoms with E-state index in [4.69, 9.17) is 4.74 Å². The maximum atomic E-state index is 13.6. The first kappa shape index (κ1) is 12.3. The van der Waals surface area contributed by atoms with Gasteiger partial charge in [-0.1, -0.05) is 13.0 Å². The SMILES string of the molecule is CCCNC1CCCOc2c1ccc(F)c2F. The maximum absolute atomic E-state index is 13.6. The van der Waals surface area contributed by atoms with Gasteiger partial charge < -0.3 is 10.1 Å². The lowest BCUT2D eigenvalue weighted by molar-refractivity contribution is 0.295. The van der Waals surface area contributed by atoms with E-state index in [-0.39, 0.29) is 11.8 Å². The predicted octanol–water partition coefficient (Wildman–Crippen LogP) is 3.18. The van der Waals surface area contributed by atoms with Crippen LogP contribution >= 0.6 is 0 Å². The summed E-state index contributed by atoms with van der Waals surface area (Å²) in [5, 5.41) is 3.35. The molecule has 17 heavy (non-hydrogen) atoms. The summed E-state index contributed by atoms with van der Waals surface area (Å²) in [5.41, 5.74) is 0.731. The van der Waals surface area contributed by atoms with Gasteiger partial charge in [0, 0.05) is 11.6 Å². The number of halogens is 2. The molecule has 1 aromatic carbocycles. The highest BCUT2D eigenvalue weighted by Gasteiger charge is 2.23. The number of benzene rings is 1. The Hall–Kier alpha value is -1.16. The third-order valence-electron chi connectivity index (χ3n) is 2.98. The van der Waals surface area contributed by atoms with Crippen molar-refractivity contribution in [2.45, 2.75) is 32.2 Å². The molecule has 1 unspecified atom stereocenters. The van der Waals surface area contributed by atoms with Crippen LogP contribution in [0.3, 0.4) is 0 Å². The van der Waals surface area contributed by atoms with Crippen molar-refractivity contribution in [2.75, 3.05) is 13.2 Å². The number of hydrogen-bond donors (Lipinski definition) is 1. The molecule has 2 rings (SSSR count). The molecule has 1 aromatic rings. The summed E-state index contributed by atoms with van der Waals surface area (Å²) in [4.78, 5) is 0. The molecule has 94 valence electrons. The van der Waals surface area contributed by atoms with Gasteiger partial charge in [-0.25, -0.2) is 4.39 Å². The maximum Gasteiger partial charge on any atom is 0.200 e.